The summed E-state index contributed by atoms with van der Waals surface area (Å²) in [6.07, 6.45) is 0. The van der Waals surface area contributed by atoms with Crippen LogP contribution in [0.15, 0.2) is 24.3 Å². The van der Waals surface area contributed by atoms with Crippen LogP contribution in [0.25, 0.3) is 0 Å². The highest BCUT2D eigenvalue weighted by atomic mass is 32.1. The van der Waals surface area contributed by atoms with Crippen molar-refractivity contribution in [3.8, 4) is 5.75 Å². The van der Waals surface area contributed by atoms with Crippen LogP contribution in [-0.2, 0) is 14.3 Å². The number of carbonyl (C=O) groups excluding carboxylic acids is 2. The predicted molar refractivity (Wildman–Crippen MR) is 96.3 cm³/mol. The molecule has 0 radical (unpaired) electrons. The van der Waals surface area contributed by atoms with Gasteiger partial charge in [0, 0.05) is 18.8 Å². The number of ether oxygens (including phenoxy) is 3. The Hall–Kier alpha value is -2.23. The first kappa shape index (κ1) is 20.8. The standard InChI is InChI=1S/C16H23N3O5S/c1-3-22-9-10-24-13-7-5-12(6-8-13)15(21)17-16(25)19-18-14(20)11-23-4-2/h5-8H,3-4,9-11H2,1-2H3,(H,18,20)(H2,17,19,21,25). The fraction of sp³-hybridized carbons (Fsp3) is 0.438. The van der Waals surface area contributed by atoms with E-state index in [1.807, 2.05) is 6.92 Å². The minimum absolute atomic E-state index is 0.0214. The van der Waals surface area contributed by atoms with E-state index in [-0.39, 0.29) is 11.7 Å². The number of hydrazine groups is 1. The van der Waals surface area contributed by atoms with Gasteiger partial charge in [0.25, 0.3) is 11.8 Å². The summed E-state index contributed by atoms with van der Waals surface area (Å²) in [5, 5.41) is 2.43. The van der Waals surface area contributed by atoms with Gasteiger partial charge in [0.15, 0.2) is 5.11 Å². The Morgan fingerprint density at radius 3 is 2.32 bits per heavy atom. The number of thiocarbonyl (C=S) groups is 1. The predicted octanol–water partition coefficient (Wildman–Crippen LogP) is 0.774. The lowest BCUT2D eigenvalue weighted by Gasteiger charge is -2.11. The second kappa shape index (κ2) is 12.2. The van der Waals surface area contributed by atoms with Gasteiger partial charge in [-0.15, -0.1) is 0 Å². The van der Waals surface area contributed by atoms with Crippen LogP contribution in [0.1, 0.15) is 24.2 Å². The topological polar surface area (TPSA) is 97.9 Å². The number of nitrogens with one attached hydrogen (secondary N) is 3. The van der Waals surface area contributed by atoms with Gasteiger partial charge >= 0.3 is 0 Å². The Bertz CT molecular complexity index is 565. The average Bonchev–Trinajstić information content (AvgIpc) is 2.62. The van der Waals surface area contributed by atoms with Crippen LogP contribution in [0, 0.1) is 0 Å². The quantitative estimate of drug-likeness (QED) is 0.336. The van der Waals surface area contributed by atoms with Crippen LogP contribution in [-0.4, -0.2) is 50.0 Å². The zero-order valence-corrected chi connectivity index (χ0v) is 15.1. The Kier molecular flexibility index (Phi) is 10.1. The van der Waals surface area contributed by atoms with Crippen LogP contribution in [0.2, 0.25) is 0 Å². The summed E-state index contributed by atoms with van der Waals surface area (Å²) in [4.78, 5) is 23.4. The number of hydrogen-bond donors (Lipinski definition) is 3. The summed E-state index contributed by atoms with van der Waals surface area (Å²) in [6, 6.07) is 6.59. The lowest BCUT2D eigenvalue weighted by atomic mass is 10.2. The second-order valence-electron chi connectivity index (χ2n) is 4.66. The molecule has 0 spiro atoms. The monoisotopic (exact) mass is 369 g/mol. The highest BCUT2D eigenvalue weighted by Gasteiger charge is 2.09. The van der Waals surface area contributed by atoms with E-state index in [9.17, 15) is 9.59 Å². The molecule has 0 heterocycles. The third-order valence-corrected chi connectivity index (χ3v) is 3.00. The summed E-state index contributed by atoms with van der Waals surface area (Å²) < 4.78 is 15.6. The minimum atomic E-state index is -0.405. The second-order valence-corrected chi connectivity index (χ2v) is 5.07. The van der Waals surface area contributed by atoms with Crippen LogP contribution in [0.5, 0.6) is 5.75 Å². The number of benzene rings is 1. The van der Waals surface area contributed by atoms with Gasteiger partial charge in [-0.25, -0.2) is 0 Å². The van der Waals surface area contributed by atoms with Crippen LogP contribution < -0.4 is 20.9 Å². The van der Waals surface area contributed by atoms with Crippen molar-refractivity contribution in [2.24, 2.45) is 0 Å². The minimum Gasteiger partial charge on any atom is -0.491 e. The van der Waals surface area contributed by atoms with Crippen molar-refractivity contribution >= 4 is 29.1 Å². The first-order valence-corrected chi connectivity index (χ1v) is 8.26. The molecule has 8 nitrogen and oxygen atoms in total. The van der Waals surface area contributed by atoms with Crippen molar-refractivity contribution in [1.29, 1.82) is 0 Å². The first-order valence-electron chi connectivity index (χ1n) is 7.85. The van der Waals surface area contributed by atoms with Crippen LogP contribution in [0.3, 0.4) is 0 Å². The molecule has 3 N–H and O–H groups in total. The third-order valence-electron chi connectivity index (χ3n) is 2.80. The van der Waals surface area contributed by atoms with Gasteiger partial charge in [0.1, 0.15) is 19.0 Å². The number of rotatable bonds is 9. The molecule has 0 bridgehead atoms. The van der Waals surface area contributed by atoms with Crippen molar-refractivity contribution in [3.05, 3.63) is 29.8 Å². The zero-order valence-electron chi connectivity index (χ0n) is 14.3. The molecule has 0 unspecified atom stereocenters. The molecule has 1 aromatic carbocycles. The first-order chi connectivity index (χ1) is 12.1. The van der Waals surface area contributed by atoms with E-state index >= 15 is 0 Å². The third kappa shape index (κ3) is 8.99. The van der Waals surface area contributed by atoms with Crippen LogP contribution in [0.4, 0.5) is 0 Å². The van der Waals surface area contributed by atoms with Crippen molar-refractivity contribution in [1.82, 2.24) is 16.2 Å². The fourth-order valence-corrected chi connectivity index (χ4v) is 1.77. The zero-order chi connectivity index (χ0) is 18.5. The summed E-state index contributed by atoms with van der Waals surface area (Å²) >= 11 is 4.93. The maximum absolute atomic E-state index is 12.0. The van der Waals surface area contributed by atoms with E-state index < -0.39 is 11.8 Å². The molecule has 0 saturated carbocycles. The molecule has 0 aliphatic rings. The smallest absolute Gasteiger partial charge is 0.264 e. The molecule has 0 fully saturated rings. The maximum Gasteiger partial charge on any atom is 0.264 e. The molecule has 9 heteroatoms. The van der Waals surface area contributed by atoms with E-state index in [1.165, 1.54) is 0 Å². The maximum atomic E-state index is 12.0. The number of amides is 2. The van der Waals surface area contributed by atoms with E-state index in [4.69, 9.17) is 26.4 Å². The molecule has 1 rings (SSSR count). The largest absolute Gasteiger partial charge is 0.491 e. The lowest BCUT2D eigenvalue weighted by molar-refractivity contribution is -0.126. The molecule has 25 heavy (non-hydrogen) atoms. The fourth-order valence-electron chi connectivity index (χ4n) is 1.63. The summed E-state index contributed by atoms with van der Waals surface area (Å²) in [5.41, 5.74) is 5.14. The van der Waals surface area contributed by atoms with Gasteiger partial charge in [-0.3, -0.25) is 25.8 Å². The van der Waals surface area contributed by atoms with Gasteiger partial charge in [-0.2, -0.15) is 0 Å². The van der Waals surface area contributed by atoms with E-state index in [2.05, 4.69) is 16.2 Å². The van der Waals surface area contributed by atoms with Gasteiger partial charge in [0.05, 0.1) is 6.61 Å². The Labute approximate surface area is 152 Å². The van der Waals surface area contributed by atoms with E-state index in [0.717, 1.165) is 0 Å². The molecule has 0 aliphatic heterocycles. The van der Waals surface area contributed by atoms with Crippen LogP contribution >= 0.6 is 12.2 Å². The van der Waals surface area contributed by atoms with Crippen molar-refractivity contribution < 1.29 is 23.8 Å². The van der Waals surface area contributed by atoms with Gasteiger partial charge in [0.2, 0.25) is 0 Å². The van der Waals surface area contributed by atoms with Gasteiger partial charge < -0.3 is 14.2 Å². The molecule has 0 aromatic heterocycles. The normalized spacial score (nSPS) is 10.0. The Balaban J connectivity index is 2.36. The summed E-state index contributed by atoms with van der Waals surface area (Å²) in [7, 11) is 0. The average molecular weight is 369 g/mol. The lowest BCUT2D eigenvalue weighted by Crippen LogP contribution is -2.49. The molecule has 0 aliphatic carbocycles. The summed E-state index contributed by atoms with van der Waals surface area (Å²) in [5.74, 6) is -0.162. The van der Waals surface area contributed by atoms with Crippen molar-refractivity contribution in [2.45, 2.75) is 13.8 Å². The molecular weight excluding hydrogens is 346 g/mol. The van der Waals surface area contributed by atoms with Crippen molar-refractivity contribution in [3.63, 3.8) is 0 Å². The molecule has 138 valence electrons. The molecule has 1 aromatic rings. The van der Waals surface area contributed by atoms with E-state index in [1.54, 1.807) is 31.2 Å². The summed E-state index contributed by atoms with van der Waals surface area (Å²) in [6.45, 7) is 5.62. The molecule has 0 atom stereocenters. The number of carbonyl (C=O) groups is 2. The Morgan fingerprint density at radius 1 is 1.00 bits per heavy atom. The highest BCUT2D eigenvalue weighted by Crippen LogP contribution is 2.12. The van der Waals surface area contributed by atoms with Crippen molar-refractivity contribution in [2.75, 3.05) is 33.0 Å². The van der Waals surface area contributed by atoms with E-state index in [0.29, 0.717) is 37.7 Å². The highest BCUT2D eigenvalue weighted by molar-refractivity contribution is 7.80. The number of hydrogen-bond acceptors (Lipinski definition) is 6. The molecule has 2 amide bonds. The molecule has 0 saturated heterocycles. The Morgan fingerprint density at radius 2 is 1.68 bits per heavy atom. The van der Waals surface area contributed by atoms with Gasteiger partial charge in [-0.1, -0.05) is 0 Å². The SMILES string of the molecule is CCOCCOc1ccc(C(=O)NC(=S)NNC(=O)COCC)cc1. The molecular formula is C16H23N3O5S. The van der Waals surface area contributed by atoms with Gasteiger partial charge in [-0.05, 0) is 50.3 Å².